The van der Waals surface area contributed by atoms with Crippen LogP contribution in [0.4, 0.5) is 20.6 Å². The number of carbonyl (C=O) groups is 2. The van der Waals surface area contributed by atoms with E-state index >= 15 is 0 Å². The van der Waals surface area contributed by atoms with E-state index in [9.17, 15) is 14.0 Å². The van der Waals surface area contributed by atoms with Crippen molar-refractivity contribution >= 4 is 35.8 Å². The number of carboxylic acids is 1. The van der Waals surface area contributed by atoms with Crippen molar-refractivity contribution in [1.29, 1.82) is 0 Å². The summed E-state index contributed by atoms with van der Waals surface area (Å²) in [6.07, 6.45) is 0.435. The number of nitrogens with one attached hydrogen (secondary N) is 1. The predicted octanol–water partition coefficient (Wildman–Crippen LogP) is 2.02. The second kappa shape index (κ2) is 8.35. The molecule has 2 fully saturated rings. The van der Waals surface area contributed by atoms with Crippen LogP contribution in [0.3, 0.4) is 0 Å². The van der Waals surface area contributed by atoms with Crippen molar-refractivity contribution in [3.63, 3.8) is 0 Å². The number of halogens is 2. The topological polar surface area (TPSA) is 82.1 Å². The Kier molecular flexibility index (Phi) is 6.44. The summed E-state index contributed by atoms with van der Waals surface area (Å²) in [7, 11) is 0. The van der Waals surface area contributed by atoms with Crippen LogP contribution in [0.15, 0.2) is 18.2 Å². The van der Waals surface area contributed by atoms with E-state index in [0.29, 0.717) is 50.6 Å². The largest absolute Gasteiger partial charge is 0.481 e. The van der Waals surface area contributed by atoms with Crippen molar-refractivity contribution in [3.05, 3.63) is 24.0 Å². The normalized spacial score (nSPS) is 20.1. The second-order valence-corrected chi connectivity index (χ2v) is 6.00. The van der Waals surface area contributed by atoms with Gasteiger partial charge in [-0.25, -0.2) is 9.18 Å². The number of carbonyl (C=O) groups excluding carboxylic acids is 1. The number of hydrogen-bond donors (Lipinski definition) is 2. The smallest absolute Gasteiger partial charge is 0.321 e. The summed E-state index contributed by atoms with van der Waals surface area (Å²) >= 11 is 0. The number of ether oxygens (including phenoxy) is 1. The molecule has 1 unspecified atom stereocenters. The minimum atomic E-state index is -0.898. The molecule has 25 heavy (non-hydrogen) atoms. The maximum atomic E-state index is 13.9. The molecule has 2 heterocycles. The summed E-state index contributed by atoms with van der Waals surface area (Å²) in [5.74, 6) is -1.86. The van der Waals surface area contributed by atoms with E-state index in [0.717, 1.165) is 0 Å². The van der Waals surface area contributed by atoms with Crippen LogP contribution in [-0.2, 0) is 9.53 Å². The predicted molar refractivity (Wildman–Crippen MR) is 93.0 cm³/mol. The van der Waals surface area contributed by atoms with Gasteiger partial charge in [0.25, 0.3) is 0 Å². The summed E-state index contributed by atoms with van der Waals surface area (Å²) < 4.78 is 19.2. The van der Waals surface area contributed by atoms with E-state index in [1.54, 1.807) is 6.07 Å². The van der Waals surface area contributed by atoms with E-state index < -0.39 is 23.7 Å². The second-order valence-electron chi connectivity index (χ2n) is 6.00. The maximum absolute atomic E-state index is 13.9. The number of benzene rings is 1. The summed E-state index contributed by atoms with van der Waals surface area (Å²) in [6, 6.07) is 4.00. The Bertz CT molecular complexity index is 640. The van der Waals surface area contributed by atoms with Crippen molar-refractivity contribution in [3.8, 4) is 0 Å². The fourth-order valence-electron chi connectivity index (χ4n) is 3.00. The lowest BCUT2D eigenvalue weighted by Crippen LogP contribution is -2.36. The third kappa shape index (κ3) is 4.73. The maximum Gasteiger partial charge on any atom is 0.321 e. The minimum Gasteiger partial charge on any atom is -0.481 e. The van der Waals surface area contributed by atoms with Gasteiger partial charge in [-0.3, -0.25) is 4.79 Å². The minimum absolute atomic E-state index is 0. The van der Waals surface area contributed by atoms with Crippen LogP contribution in [0.1, 0.15) is 6.42 Å². The number of aliphatic carboxylic acids is 1. The highest BCUT2D eigenvalue weighted by Crippen LogP contribution is 2.24. The molecule has 1 aromatic carbocycles. The van der Waals surface area contributed by atoms with E-state index in [1.807, 2.05) is 4.90 Å². The van der Waals surface area contributed by atoms with Crippen molar-refractivity contribution in [2.45, 2.75) is 6.42 Å². The number of carboxylic acid groups (broad SMARTS) is 1. The molecule has 2 aliphatic heterocycles. The van der Waals surface area contributed by atoms with Crippen LogP contribution >= 0.6 is 12.4 Å². The molecule has 7 nitrogen and oxygen atoms in total. The lowest BCUT2D eigenvalue weighted by atomic mass is 10.1. The van der Waals surface area contributed by atoms with Gasteiger partial charge in [0, 0.05) is 37.6 Å². The van der Waals surface area contributed by atoms with Gasteiger partial charge in [0.15, 0.2) is 0 Å². The summed E-state index contributed by atoms with van der Waals surface area (Å²) in [6.45, 7) is 3.07. The first-order chi connectivity index (χ1) is 11.5. The van der Waals surface area contributed by atoms with Crippen molar-refractivity contribution in [2.75, 3.05) is 49.6 Å². The molecule has 1 aromatic rings. The van der Waals surface area contributed by atoms with E-state index in [4.69, 9.17) is 9.84 Å². The average Bonchev–Trinajstić information content (AvgIpc) is 3.05. The van der Waals surface area contributed by atoms with Gasteiger partial charge in [0.2, 0.25) is 0 Å². The Balaban J connectivity index is 0.00000225. The van der Waals surface area contributed by atoms with Gasteiger partial charge in [-0.15, -0.1) is 12.4 Å². The van der Waals surface area contributed by atoms with Crippen LogP contribution in [0.25, 0.3) is 0 Å². The summed E-state index contributed by atoms with van der Waals surface area (Å²) in [5, 5.41) is 11.7. The zero-order valence-electron chi connectivity index (χ0n) is 13.6. The lowest BCUT2D eigenvalue weighted by molar-refractivity contribution is -0.141. The van der Waals surface area contributed by atoms with Crippen LogP contribution in [0.2, 0.25) is 0 Å². The highest BCUT2D eigenvalue weighted by Gasteiger charge is 2.31. The molecule has 0 aliphatic carbocycles. The molecule has 0 spiro atoms. The fraction of sp³-hybridized carbons (Fsp3) is 0.500. The number of amides is 2. The molecule has 1 atom stereocenters. The number of anilines is 2. The first kappa shape index (κ1) is 19.3. The van der Waals surface area contributed by atoms with Gasteiger partial charge in [-0.1, -0.05) is 0 Å². The molecular formula is C16H21ClFN3O4. The van der Waals surface area contributed by atoms with Crippen LogP contribution in [-0.4, -0.2) is 61.4 Å². The molecule has 2 aliphatic rings. The Hall–Kier alpha value is -2.06. The van der Waals surface area contributed by atoms with E-state index in [-0.39, 0.29) is 19.0 Å². The average molecular weight is 374 g/mol. The molecule has 0 saturated carbocycles. The standard InChI is InChI=1S/C16H20FN3O4.ClH/c17-12-7-13(9-14(8-12)19-3-5-24-6-4-19)18-16(23)20-2-1-11(10-20)15(21)22;/h7-9,11H,1-6,10H2,(H,18,23)(H,21,22);1H. The zero-order chi connectivity index (χ0) is 17.1. The van der Waals surface area contributed by atoms with Gasteiger partial charge in [-0.2, -0.15) is 0 Å². The Labute approximate surface area is 151 Å². The van der Waals surface area contributed by atoms with Gasteiger partial charge in [-0.05, 0) is 24.6 Å². The molecule has 2 saturated heterocycles. The number of likely N-dealkylation sites (tertiary alicyclic amines) is 1. The van der Waals surface area contributed by atoms with Gasteiger partial charge in [0.05, 0.1) is 19.1 Å². The first-order valence-corrected chi connectivity index (χ1v) is 7.95. The number of morpholine rings is 1. The lowest BCUT2D eigenvalue weighted by Gasteiger charge is -2.29. The zero-order valence-corrected chi connectivity index (χ0v) is 14.4. The van der Waals surface area contributed by atoms with Crippen molar-refractivity contribution in [2.24, 2.45) is 5.92 Å². The Morgan fingerprint density at radius 2 is 1.92 bits per heavy atom. The van der Waals surface area contributed by atoms with E-state index in [2.05, 4.69) is 5.32 Å². The molecule has 0 aromatic heterocycles. The summed E-state index contributed by atoms with van der Waals surface area (Å²) in [4.78, 5) is 26.7. The van der Waals surface area contributed by atoms with Crippen LogP contribution in [0, 0.1) is 11.7 Å². The third-order valence-corrected chi connectivity index (χ3v) is 4.33. The third-order valence-electron chi connectivity index (χ3n) is 4.33. The molecule has 0 bridgehead atoms. The fourth-order valence-corrected chi connectivity index (χ4v) is 3.00. The van der Waals surface area contributed by atoms with Crippen LogP contribution < -0.4 is 10.2 Å². The number of hydrogen-bond acceptors (Lipinski definition) is 4. The number of rotatable bonds is 3. The molecule has 2 N–H and O–H groups in total. The molecular weight excluding hydrogens is 353 g/mol. The van der Waals surface area contributed by atoms with E-state index in [1.165, 1.54) is 17.0 Å². The van der Waals surface area contributed by atoms with Gasteiger partial charge >= 0.3 is 12.0 Å². The van der Waals surface area contributed by atoms with Gasteiger partial charge in [0.1, 0.15) is 5.82 Å². The molecule has 0 radical (unpaired) electrons. The summed E-state index contributed by atoms with van der Waals surface area (Å²) in [5.41, 5.74) is 1.05. The van der Waals surface area contributed by atoms with Crippen molar-refractivity contribution in [1.82, 2.24) is 4.90 Å². The molecule has 3 rings (SSSR count). The van der Waals surface area contributed by atoms with Crippen molar-refractivity contribution < 1.29 is 23.8 Å². The molecule has 9 heteroatoms. The number of nitrogens with zero attached hydrogens (tertiary/aromatic N) is 2. The Morgan fingerprint density at radius 3 is 2.56 bits per heavy atom. The highest BCUT2D eigenvalue weighted by molar-refractivity contribution is 5.90. The van der Waals surface area contributed by atoms with Crippen LogP contribution in [0.5, 0.6) is 0 Å². The quantitative estimate of drug-likeness (QED) is 0.847. The number of urea groups is 1. The monoisotopic (exact) mass is 373 g/mol. The highest BCUT2D eigenvalue weighted by atomic mass is 35.5. The Morgan fingerprint density at radius 1 is 1.20 bits per heavy atom. The SMILES string of the molecule is Cl.O=C(O)C1CCN(C(=O)Nc2cc(F)cc(N3CCOCC3)c2)C1. The molecule has 138 valence electrons. The van der Waals surface area contributed by atoms with Gasteiger partial charge < -0.3 is 25.0 Å². The first-order valence-electron chi connectivity index (χ1n) is 7.95. The molecule has 2 amide bonds.